The summed E-state index contributed by atoms with van der Waals surface area (Å²) in [6, 6.07) is 4.62. The van der Waals surface area contributed by atoms with Gasteiger partial charge in [0, 0.05) is 44.2 Å². The minimum Gasteiger partial charge on any atom is -0.340 e. The zero-order valence-electron chi connectivity index (χ0n) is 16.9. The van der Waals surface area contributed by atoms with Crippen LogP contribution in [-0.2, 0) is 14.8 Å². The van der Waals surface area contributed by atoms with Crippen molar-refractivity contribution >= 4 is 39.1 Å². The van der Waals surface area contributed by atoms with Gasteiger partial charge in [0.25, 0.3) is 0 Å². The van der Waals surface area contributed by atoms with E-state index in [1.807, 2.05) is 4.90 Å². The van der Waals surface area contributed by atoms with Gasteiger partial charge in [-0.05, 0) is 57.7 Å². The number of rotatable bonds is 5. The van der Waals surface area contributed by atoms with E-state index in [9.17, 15) is 13.2 Å². The lowest BCUT2D eigenvalue weighted by molar-refractivity contribution is -0.138. The summed E-state index contributed by atoms with van der Waals surface area (Å²) < 4.78 is 28.0. The fourth-order valence-corrected chi connectivity index (χ4v) is 5.80. The van der Waals surface area contributed by atoms with E-state index >= 15 is 0 Å². The number of carbonyl (C=O) groups is 1. The van der Waals surface area contributed by atoms with Gasteiger partial charge in [-0.2, -0.15) is 0 Å². The maximum Gasteiger partial charge on any atom is 0.240 e. The molecule has 1 aliphatic heterocycles. The van der Waals surface area contributed by atoms with Crippen molar-refractivity contribution in [1.29, 1.82) is 0 Å². The van der Waals surface area contributed by atoms with Gasteiger partial charge in [0.15, 0.2) is 0 Å². The van der Waals surface area contributed by atoms with E-state index in [1.165, 1.54) is 18.2 Å². The van der Waals surface area contributed by atoms with Gasteiger partial charge in [0.05, 0.1) is 14.9 Å². The molecule has 1 amide bonds. The SMILES string of the molecule is CC(C)N1CCN(C(=O)C2CCC(NS(=O)(=O)c3ccc(Cl)c(Cl)c3)CC2)CC1. The van der Waals surface area contributed by atoms with Gasteiger partial charge in [0.2, 0.25) is 15.9 Å². The lowest BCUT2D eigenvalue weighted by Crippen LogP contribution is -2.52. The van der Waals surface area contributed by atoms with Crippen molar-refractivity contribution in [3.63, 3.8) is 0 Å². The Labute approximate surface area is 183 Å². The molecule has 1 aromatic rings. The molecule has 1 saturated carbocycles. The monoisotopic (exact) mass is 461 g/mol. The molecule has 162 valence electrons. The minimum absolute atomic E-state index is 0.00803. The number of nitrogens with one attached hydrogen (secondary N) is 1. The van der Waals surface area contributed by atoms with E-state index in [2.05, 4.69) is 23.5 Å². The molecule has 1 N–H and O–H groups in total. The second-order valence-corrected chi connectivity index (χ2v) is 10.7. The van der Waals surface area contributed by atoms with Crippen LogP contribution < -0.4 is 4.72 Å². The molecule has 0 radical (unpaired) electrons. The Kier molecular flexibility index (Phi) is 7.49. The van der Waals surface area contributed by atoms with Crippen molar-refractivity contribution in [3.8, 4) is 0 Å². The number of nitrogens with zero attached hydrogens (tertiary/aromatic N) is 2. The lowest BCUT2D eigenvalue weighted by atomic mass is 9.85. The zero-order valence-corrected chi connectivity index (χ0v) is 19.2. The molecule has 0 unspecified atom stereocenters. The van der Waals surface area contributed by atoms with Crippen LogP contribution in [0.5, 0.6) is 0 Å². The highest BCUT2D eigenvalue weighted by molar-refractivity contribution is 7.89. The highest BCUT2D eigenvalue weighted by Crippen LogP contribution is 2.29. The molecular weight excluding hydrogens is 433 g/mol. The second-order valence-electron chi connectivity index (χ2n) is 8.20. The van der Waals surface area contributed by atoms with Crippen LogP contribution in [-0.4, -0.2) is 62.4 Å². The maximum atomic E-state index is 12.9. The van der Waals surface area contributed by atoms with E-state index in [0.717, 1.165) is 26.2 Å². The van der Waals surface area contributed by atoms with Crippen molar-refractivity contribution in [2.24, 2.45) is 5.92 Å². The summed E-state index contributed by atoms with van der Waals surface area (Å²) in [7, 11) is -3.67. The number of hydrogen-bond acceptors (Lipinski definition) is 4. The molecule has 0 bridgehead atoms. The average molecular weight is 462 g/mol. The van der Waals surface area contributed by atoms with E-state index in [1.54, 1.807) is 0 Å². The number of piperazine rings is 1. The van der Waals surface area contributed by atoms with Gasteiger partial charge in [-0.15, -0.1) is 0 Å². The lowest BCUT2D eigenvalue weighted by Gasteiger charge is -2.39. The topological polar surface area (TPSA) is 69.7 Å². The van der Waals surface area contributed by atoms with Crippen molar-refractivity contribution in [2.45, 2.75) is 56.5 Å². The van der Waals surface area contributed by atoms with Gasteiger partial charge < -0.3 is 4.90 Å². The van der Waals surface area contributed by atoms with E-state index in [0.29, 0.717) is 36.7 Å². The normalized spacial score (nSPS) is 24.1. The van der Waals surface area contributed by atoms with Crippen molar-refractivity contribution < 1.29 is 13.2 Å². The molecule has 2 fully saturated rings. The first kappa shape index (κ1) is 22.8. The largest absolute Gasteiger partial charge is 0.340 e. The summed E-state index contributed by atoms with van der Waals surface area (Å²) in [5.41, 5.74) is 0. The van der Waals surface area contributed by atoms with Gasteiger partial charge in [-0.3, -0.25) is 9.69 Å². The third-order valence-corrected chi connectivity index (χ3v) is 8.21. The fourth-order valence-electron chi connectivity index (χ4n) is 4.11. The Hall–Kier alpha value is -0.860. The molecule has 2 aliphatic rings. The molecule has 6 nitrogen and oxygen atoms in total. The molecule has 0 atom stereocenters. The van der Waals surface area contributed by atoms with E-state index < -0.39 is 10.0 Å². The first-order chi connectivity index (χ1) is 13.7. The third-order valence-electron chi connectivity index (χ3n) is 5.96. The van der Waals surface area contributed by atoms with Crippen LogP contribution in [0.25, 0.3) is 0 Å². The Morgan fingerprint density at radius 1 is 1.03 bits per heavy atom. The van der Waals surface area contributed by atoms with Crippen molar-refractivity contribution in [1.82, 2.24) is 14.5 Å². The van der Waals surface area contributed by atoms with Crippen LogP contribution in [0.4, 0.5) is 0 Å². The van der Waals surface area contributed by atoms with Gasteiger partial charge in [0.1, 0.15) is 0 Å². The van der Waals surface area contributed by atoms with Gasteiger partial charge in [-0.1, -0.05) is 23.2 Å². The summed E-state index contributed by atoms with van der Waals surface area (Å²) in [6.07, 6.45) is 2.72. The number of hydrogen-bond donors (Lipinski definition) is 1. The second kappa shape index (κ2) is 9.52. The Morgan fingerprint density at radius 3 is 2.21 bits per heavy atom. The van der Waals surface area contributed by atoms with Crippen molar-refractivity contribution in [3.05, 3.63) is 28.2 Å². The first-order valence-electron chi connectivity index (χ1n) is 10.2. The molecule has 0 spiro atoms. The molecule has 1 heterocycles. The zero-order chi connectivity index (χ0) is 21.2. The van der Waals surface area contributed by atoms with E-state index in [4.69, 9.17) is 23.2 Å². The molecule has 0 aromatic heterocycles. The number of carbonyl (C=O) groups excluding carboxylic acids is 1. The van der Waals surface area contributed by atoms with Crippen LogP contribution in [0.3, 0.4) is 0 Å². The molecule has 29 heavy (non-hydrogen) atoms. The third kappa shape index (κ3) is 5.64. The molecule has 1 aromatic carbocycles. The molecule has 1 aliphatic carbocycles. The van der Waals surface area contributed by atoms with Crippen LogP contribution in [0.1, 0.15) is 39.5 Å². The molecule has 9 heteroatoms. The van der Waals surface area contributed by atoms with Crippen LogP contribution in [0.15, 0.2) is 23.1 Å². The minimum atomic E-state index is -3.67. The summed E-state index contributed by atoms with van der Waals surface area (Å²) in [5.74, 6) is 0.213. The van der Waals surface area contributed by atoms with Crippen LogP contribution >= 0.6 is 23.2 Å². The first-order valence-corrected chi connectivity index (χ1v) is 12.4. The summed E-state index contributed by atoms with van der Waals surface area (Å²) in [4.78, 5) is 17.3. The predicted molar refractivity (Wildman–Crippen MR) is 116 cm³/mol. The van der Waals surface area contributed by atoms with Gasteiger partial charge in [-0.25, -0.2) is 13.1 Å². The molecule has 1 saturated heterocycles. The number of benzene rings is 1. The predicted octanol–water partition coefficient (Wildman–Crippen LogP) is 3.38. The van der Waals surface area contributed by atoms with E-state index in [-0.39, 0.29) is 27.8 Å². The standard InChI is InChI=1S/C20H29Cl2N3O3S/c1-14(2)24-9-11-25(12-10-24)20(26)15-3-5-16(6-4-15)23-29(27,28)17-7-8-18(21)19(22)13-17/h7-8,13-16,23H,3-6,9-12H2,1-2H3. The van der Waals surface area contributed by atoms with Crippen molar-refractivity contribution in [2.75, 3.05) is 26.2 Å². The molecular formula is C20H29Cl2N3O3S. The summed E-state index contributed by atoms with van der Waals surface area (Å²) in [6.45, 7) is 7.75. The Bertz CT molecular complexity index is 831. The number of halogens is 2. The van der Waals surface area contributed by atoms with Gasteiger partial charge >= 0.3 is 0 Å². The fraction of sp³-hybridized carbons (Fsp3) is 0.650. The van der Waals surface area contributed by atoms with Crippen LogP contribution in [0.2, 0.25) is 10.0 Å². The summed E-state index contributed by atoms with van der Waals surface area (Å²) >= 11 is 11.8. The molecule has 3 rings (SSSR count). The highest BCUT2D eigenvalue weighted by atomic mass is 35.5. The van der Waals surface area contributed by atoms with Crippen LogP contribution in [0, 0.1) is 5.92 Å². The summed E-state index contributed by atoms with van der Waals surface area (Å²) in [5, 5.41) is 0.528. The highest BCUT2D eigenvalue weighted by Gasteiger charge is 2.33. The Morgan fingerprint density at radius 2 is 1.66 bits per heavy atom. The number of sulfonamides is 1. The average Bonchev–Trinajstić information content (AvgIpc) is 2.70. The number of amides is 1. The maximum absolute atomic E-state index is 12.9. The Balaban J connectivity index is 1.51. The smallest absolute Gasteiger partial charge is 0.240 e. The quantitative estimate of drug-likeness (QED) is 0.729.